The van der Waals surface area contributed by atoms with Crippen LogP contribution in [0.5, 0.6) is 5.75 Å². The first-order valence-corrected chi connectivity index (χ1v) is 6.41. The van der Waals surface area contributed by atoms with E-state index in [1.165, 1.54) is 0 Å². The molecule has 0 aliphatic rings. The fourth-order valence-electron chi connectivity index (χ4n) is 1.26. The van der Waals surface area contributed by atoms with Crippen LogP contribution in [0.3, 0.4) is 0 Å². The van der Waals surface area contributed by atoms with Crippen LogP contribution >= 0.6 is 12.2 Å². The zero-order valence-electron chi connectivity index (χ0n) is 10.8. The molecule has 0 amide bonds. The van der Waals surface area contributed by atoms with Crippen LogP contribution < -0.4 is 15.5 Å². The van der Waals surface area contributed by atoms with Crippen LogP contribution in [0.1, 0.15) is 25.3 Å². The third kappa shape index (κ3) is 5.14. The van der Waals surface area contributed by atoms with Crippen molar-refractivity contribution in [3.8, 4) is 5.75 Å². The van der Waals surface area contributed by atoms with E-state index in [9.17, 15) is 0 Å². The van der Waals surface area contributed by atoms with Gasteiger partial charge in [0.1, 0.15) is 5.75 Å². The molecule has 0 radical (unpaired) electrons. The number of rotatable bonds is 6. The van der Waals surface area contributed by atoms with Crippen molar-refractivity contribution in [1.29, 1.82) is 0 Å². The van der Waals surface area contributed by atoms with E-state index in [0.29, 0.717) is 5.11 Å². The molecule has 0 saturated heterocycles. The average Bonchev–Trinajstić information content (AvgIpc) is 2.40. The molecule has 4 nitrogen and oxygen atoms in total. The van der Waals surface area contributed by atoms with Gasteiger partial charge in [0, 0.05) is 12.6 Å². The summed E-state index contributed by atoms with van der Waals surface area (Å²) >= 11 is 4.92. The SMILES string of the molecule is CCCCOc1ccccc1/C=N/NC(=S)NC. The van der Waals surface area contributed by atoms with Crippen LogP contribution in [-0.2, 0) is 0 Å². The second kappa shape index (κ2) is 8.47. The number of benzene rings is 1. The number of para-hydroxylation sites is 1. The summed E-state index contributed by atoms with van der Waals surface area (Å²) in [6, 6.07) is 7.79. The maximum atomic E-state index is 5.69. The minimum absolute atomic E-state index is 0.482. The van der Waals surface area contributed by atoms with Gasteiger partial charge in [-0.3, -0.25) is 5.43 Å². The molecule has 0 aliphatic carbocycles. The number of nitrogens with zero attached hydrogens (tertiary/aromatic N) is 1. The monoisotopic (exact) mass is 265 g/mol. The Kier molecular flexibility index (Phi) is 6.79. The molecule has 0 aromatic heterocycles. The van der Waals surface area contributed by atoms with Crippen molar-refractivity contribution in [2.24, 2.45) is 5.10 Å². The molecule has 0 fully saturated rings. The second-order valence-electron chi connectivity index (χ2n) is 3.69. The number of hydrazone groups is 1. The summed E-state index contributed by atoms with van der Waals surface area (Å²) < 4.78 is 5.69. The molecule has 1 aromatic rings. The van der Waals surface area contributed by atoms with Crippen molar-refractivity contribution >= 4 is 23.5 Å². The smallest absolute Gasteiger partial charge is 0.186 e. The van der Waals surface area contributed by atoms with Crippen molar-refractivity contribution in [3.05, 3.63) is 29.8 Å². The van der Waals surface area contributed by atoms with Crippen LogP contribution in [0.4, 0.5) is 0 Å². The van der Waals surface area contributed by atoms with E-state index in [1.54, 1.807) is 13.3 Å². The zero-order chi connectivity index (χ0) is 13.2. The van der Waals surface area contributed by atoms with Gasteiger partial charge in [-0.1, -0.05) is 25.5 Å². The minimum atomic E-state index is 0.482. The molecule has 5 heteroatoms. The molecule has 0 aliphatic heterocycles. The Morgan fingerprint density at radius 3 is 2.94 bits per heavy atom. The van der Waals surface area contributed by atoms with E-state index < -0.39 is 0 Å². The van der Waals surface area contributed by atoms with Gasteiger partial charge in [0.15, 0.2) is 5.11 Å². The maximum Gasteiger partial charge on any atom is 0.186 e. The molecule has 0 spiro atoms. The molecule has 0 saturated carbocycles. The number of hydrogen-bond acceptors (Lipinski definition) is 3. The summed E-state index contributed by atoms with van der Waals surface area (Å²) in [6.45, 7) is 2.86. The lowest BCUT2D eigenvalue weighted by Crippen LogP contribution is -2.28. The highest BCUT2D eigenvalue weighted by atomic mass is 32.1. The Labute approximate surface area is 113 Å². The molecule has 1 aromatic carbocycles. The van der Waals surface area contributed by atoms with Gasteiger partial charge < -0.3 is 10.1 Å². The summed E-state index contributed by atoms with van der Waals surface area (Å²) in [4.78, 5) is 0. The summed E-state index contributed by atoms with van der Waals surface area (Å²) in [6.07, 6.45) is 3.87. The van der Waals surface area contributed by atoms with Crippen LogP contribution in [0.2, 0.25) is 0 Å². The van der Waals surface area contributed by atoms with Gasteiger partial charge in [-0.05, 0) is 30.8 Å². The molecule has 2 N–H and O–H groups in total. The fourth-order valence-corrected chi connectivity index (χ4v) is 1.31. The molecular formula is C13H19N3OS. The van der Waals surface area contributed by atoms with E-state index in [1.807, 2.05) is 24.3 Å². The maximum absolute atomic E-state index is 5.69. The van der Waals surface area contributed by atoms with Gasteiger partial charge in [0.2, 0.25) is 0 Å². The predicted molar refractivity (Wildman–Crippen MR) is 79.2 cm³/mol. The van der Waals surface area contributed by atoms with Crippen molar-refractivity contribution in [2.75, 3.05) is 13.7 Å². The molecular weight excluding hydrogens is 246 g/mol. The third-order valence-corrected chi connectivity index (χ3v) is 2.57. The standard InChI is InChI=1S/C13H19N3OS/c1-3-4-9-17-12-8-6-5-7-11(12)10-15-16-13(18)14-2/h5-8,10H,3-4,9H2,1-2H3,(H2,14,16,18)/b15-10+. The first-order chi connectivity index (χ1) is 8.77. The van der Waals surface area contributed by atoms with Crippen LogP contribution in [-0.4, -0.2) is 25.0 Å². The van der Waals surface area contributed by atoms with Crippen molar-refractivity contribution in [3.63, 3.8) is 0 Å². The molecule has 98 valence electrons. The van der Waals surface area contributed by atoms with Gasteiger partial charge in [-0.2, -0.15) is 5.10 Å². The predicted octanol–water partition coefficient (Wildman–Crippen LogP) is 2.29. The van der Waals surface area contributed by atoms with Gasteiger partial charge in [0.05, 0.1) is 12.8 Å². The number of thiocarbonyl (C=S) groups is 1. The first kappa shape index (κ1) is 14.4. The lowest BCUT2D eigenvalue weighted by molar-refractivity contribution is 0.309. The van der Waals surface area contributed by atoms with E-state index >= 15 is 0 Å². The Hall–Kier alpha value is -1.62. The molecule has 0 unspecified atom stereocenters. The Morgan fingerprint density at radius 1 is 1.44 bits per heavy atom. The second-order valence-corrected chi connectivity index (χ2v) is 4.10. The zero-order valence-corrected chi connectivity index (χ0v) is 11.6. The van der Waals surface area contributed by atoms with Gasteiger partial charge in [-0.25, -0.2) is 0 Å². The lowest BCUT2D eigenvalue weighted by Gasteiger charge is -2.08. The van der Waals surface area contributed by atoms with E-state index in [0.717, 1.165) is 30.8 Å². The number of nitrogens with one attached hydrogen (secondary N) is 2. The Balaban J connectivity index is 2.60. The quantitative estimate of drug-likeness (QED) is 0.358. The summed E-state index contributed by atoms with van der Waals surface area (Å²) in [7, 11) is 1.74. The average molecular weight is 265 g/mol. The van der Waals surface area contributed by atoms with E-state index in [-0.39, 0.29) is 0 Å². The summed E-state index contributed by atoms with van der Waals surface area (Å²) in [5, 5.41) is 7.31. The number of hydrogen-bond donors (Lipinski definition) is 2. The third-order valence-electron chi connectivity index (χ3n) is 2.27. The van der Waals surface area contributed by atoms with Crippen LogP contribution in [0.25, 0.3) is 0 Å². The highest BCUT2D eigenvalue weighted by Gasteiger charge is 1.99. The van der Waals surface area contributed by atoms with Gasteiger partial charge in [0.25, 0.3) is 0 Å². The summed E-state index contributed by atoms with van der Waals surface area (Å²) in [5.74, 6) is 0.840. The van der Waals surface area contributed by atoms with Crippen LogP contribution in [0, 0.1) is 0 Å². The van der Waals surface area contributed by atoms with Crippen molar-refractivity contribution in [1.82, 2.24) is 10.7 Å². The Morgan fingerprint density at radius 2 is 2.22 bits per heavy atom. The van der Waals surface area contributed by atoms with Gasteiger partial charge >= 0.3 is 0 Å². The molecule has 0 heterocycles. The first-order valence-electron chi connectivity index (χ1n) is 6.00. The Bertz CT molecular complexity index is 407. The van der Waals surface area contributed by atoms with E-state index in [2.05, 4.69) is 22.8 Å². The molecule has 1 rings (SSSR count). The summed E-state index contributed by atoms with van der Waals surface area (Å²) in [5.41, 5.74) is 3.64. The molecule has 0 atom stereocenters. The number of ether oxygens (including phenoxy) is 1. The fraction of sp³-hybridized carbons (Fsp3) is 0.385. The van der Waals surface area contributed by atoms with E-state index in [4.69, 9.17) is 17.0 Å². The normalized spacial score (nSPS) is 10.3. The van der Waals surface area contributed by atoms with Gasteiger partial charge in [-0.15, -0.1) is 0 Å². The van der Waals surface area contributed by atoms with Crippen molar-refractivity contribution in [2.45, 2.75) is 19.8 Å². The highest BCUT2D eigenvalue weighted by Crippen LogP contribution is 2.16. The largest absolute Gasteiger partial charge is 0.493 e. The highest BCUT2D eigenvalue weighted by molar-refractivity contribution is 7.80. The number of unbranched alkanes of at least 4 members (excludes halogenated alkanes) is 1. The minimum Gasteiger partial charge on any atom is -0.493 e. The van der Waals surface area contributed by atoms with Crippen LogP contribution in [0.15, 0.2) is 29.4 Å². The van der Waals surface area contributed by atoms with Crippen molar-refractivity contribution < 1.29 is 4.74 Å². The molecule has 0 bridgehead atoms. The topological polar surface area (TPSA) is 45.6 Å². The lowest BCUT2D eigenvalue weighted by atomic mass is 10.2. The molecule has 18 heavy (non-hydrogen) atoms.